The van der Waals surface area contributed by atoms with E-state index in [1.165, 1.54) is 24.0 Å². The summed E-state index contributed by atoms with van der Waals surface area (Å²) in [6.45, 7) is 2.29. The Morgan fingerprint density at radius 3 is 2.20 bits per heavy atom. The monoisotopic (exact) mass is 265 g/mol. The lowest BCUT2D eigenvalue weighted by Crippen LogP contribution is -2.45. The fraction of sp³-hybridized carbons (Fsp3) is 0.368. The first kappa shape index (κ1) is 13.4. The van der Waals surface area contributed by atoms with Crippen LogP contribution in [0.5, 0.6) is 0 Å². The molecule has 1 saturated carbocycles. The van der Waals surface area contributed by atoms with Crippen LogP contribution >= 0.6 is 0 Å². The molecule has 0 bridgehead atoms. The highest BCUT2D eigenvalue weighted by Crippen LogP contribution is 2.36. The average Bonchev–Trinajstić information content (AvgIpc) is 2.44. The molecule has 0 amide bonds. The Bertz CT molecular complexity index is 514. The standard InChI is InChI=1S/C19H23N/c1-15(12-16-8-4-2-5-9-16)20-19-13-18(14-19)17-10-6-3-7-11-17/h2-11,15,18-20H,12-14H2,1H3. The van der Waals surface area contributed by atoms with Gasteiger partial charge in [0.05, 0.1) is 0 Å². The summed E-state index contributed by atoms with van der Waals surface area (Å²) in [5.74, 6) is 0.762. The van der Waals surface area contributed by atoms with Gasteiger partial charge in [0, 0.05) is 12.1 Å². The molecule has 1 aliphatic rings. The molecule has 0 saturated heterocycles. The number of rotatable bonds is 5. The van der Waals surface area contributed by atoms with E-state index in [4.69, 9.17) is 0 Å². The Labute approximate surface area is 122 Å². The average molecular weight is 265 g/mol. The Morgan fingerprint density at radius 2 is 1.55 bits per heavy atom. The van der Waals surface area contributed by atoms with Crippen molar-refractivity contribution in [2.24, 2.45) is 0 Å². The predicted molar refractivity (Wildman–Crippen MR) is 84.9 cm³/mol. The van der Waals surface area contributed by atoms with Crippen molar-refractivity contribution in [2.75, 3.05) is 0 Å². The minimum absolute atomic E-state index is 0.555. The Kier molecular flexibility index (Phi) is 4.17. The zero-order valence-corrected chi connectivity index (χ0v) is 12.1. The Hall–Kier alpha value is -1.60. The lowest BCUT2D eigenvalue weighted by molar-refractivity contribution is 0.269. The van der Waals surface area contributed by atoms with E-state index in [0.717, 1.165) is 12.3 Å². The quantitative estimate of drug-likeness (QED) is 0.856. The molecule has 2 aromatic carbocycles. The number of hydrogen-bond donors (Lipinski definition) is 1. The molecule has 20 heavy (non-hydrogen) atoms. The fourth-order valence-electron chi connectivity index (χ4n) is 3.18. The molecule has 104 valence electrons. The molecule has 1 nitrogen and oxygen atoms in total. The lowest BCUT2D eigenvalue weighted by Gasteiger charge is -2.38. The SMILES string of the molecule is CC(Cc1ccccc1)NC1CC(c2ccccc2)C1. The van der Waals surface area contributed by atoms with Gasteiger partial charge in [-0.2, -0.15) is 0 Å². The minimum atomic E-state index is 0.555. The molecule has 1 aliphatic carbocycles. The first-order valence-electron chi connectivity index (χ1n) is 7.66. The molecule has 1 N–H and O–H groups in total. The predicted octanol–water partition coefficient (Wildman–Crippen LogP) is 4.15. The van der Waals surface area contributed by atoms with Gasteiger partial charge in [0.2, 0.25) is 0 Å². The van der Waals surface area contributed by atoms with E-state index in [9.17, 15) is 0 Å². The van der Waals surface area contributed by atoms with Crippen molar-refractivity contribution in [3.63, 3.8) is 0 Å². The molecule has 0 aromatic heterocycles. The second kappa shape index (κ2) is 6.23. The van der Waals surface area contributed by atoms with E-state index in [1.54, 1.807) is 0 Å². The van der Waals surface area contributed by atoms with Crippen LogP contribution in [0, 0.1) is 0 Å². The molecule has 0 heterocycles. The third-order valence-corrected chi connectivity index (χ3v) is 4.31. The summed E-state index contributed by atoms with van der Waals surface area (Å²) < 4.78 is 0. The van der Waals surface area contributed by atoms with Gasteiger partial charge in [-0.1, -0.05) is 60.7 Å². The van der Waals surface area contributed by atoms with Crippen LogP contribution in [0.1, 0.15) is 36.8 Å². The van der Waals surface area contributed by atoms with Crippen LogP contribution < -0.4 is 5.32 Å². The summed E-state index contributed by atoms with van der Waals surface area (Å²) in [5, 5.41) is 3.76. The van der Waals surface area contributed by atoms with Gasteiger partial charge in [-0.05, 0) is 43.2 Å². The molecule has 0 radical (unpaired) electrons. The maximum absolute atomic E-state index is 3.76. The van der Waals surface area contributed by atoms with Crippen molar-refractivity contribution in [1.82, 2.24) is 5.32 Å². The van der Waals surface area contributed by atoms with Gasteiger partial charge in [-0.25, -0.2) is 0 Å². The van der Waals surface area contributed by atoms with Gasteiger partial charge in [0.15, 0.2) is 0 Å². The van der Waals surface area contributed by atoms with Gasteiger partial charge in [0.25, 0.3) is 0 Å². The molecule has 2 aromatic rings. The summed E-state index contributed by atoms with van der Waals surface area (Å²) in [7, 11) is 0. The van der Waals surface area contributed by atoms with E-state index >= 15 is 0 Å². The zero-order chi connectivity index (χ0) is 13.8. The van der Waals surface area contributed by atoms with Crippen LogP contribution in [-0.4, -0.2) is 12.1 Å². The third-order valence-electron chi connectivity index (χ3n) is 4.31. The second-order valence-corrected chi connectivity index (χ2v) is 6.03. The normalized spacial score (nSPS) is 23.1. The van der Waals surface area contributed by atoms with Crippen molar-refractivity contribution >= 4 is 0 Å². The molecular weight excluding hydrogens is 242 g/mol. The van der Waals surface area contributed by atoms with Gasteiger partial charge in [0.1, 0.15) is 0 Å². The smallest absolute Gasteiger partial charge is 0.00817 e. The summed E-state index contributed by atoms with van der Waals surface area (Å²) >= 11 is 0. The van der Waals surface area contributed by atoms with E-state index in [0.29, 0.717) is 12.1 Å². The first-order chi connectivity index (χ1) is 9.81. The van der Waals surface area contributed by atoms with Crippen molar-refractivity contribution in [3.8, 4) is 0 Å². The lowest BCUT2D eigenvalue weighted by atomic mass is 9.75. The van der Waals surface area contributed by atoms with E-state index < -0.39 is 0 Å². The van der Waals surface area contributed by atoms with Crippen LogP contribution in [0.2, 0.25) is 0 Å². The topological polar surface area (TPSA) is 12.0 Å². The maximum Gasteiger partial charge on any atom is 0.00817 e. The first-order valence-corrected chi connectivity index (χ1v) is 7.66. The van der Waals surface area contributed by atoms with Crippen LogP contribution in [0.4, 0.5) is 0 Å². The fourth-order valence-corrected chi connectivity index (χ4v) is 3.18. The molecule has 1 unspecified atom stereocenters. The van der Waals surface area contributed by atoms with Crippen LogP contribution in [0.3, 0.4) is 0 Å². The summed E-state index contributed by atoms with van der Waals surface area (Å²) in [6.07, 6.45) is 3.68. The van der Waals surface area contributed by atoms with E-state index in [1.807, 2.05) is 0 Å². The van der Waals surface area contributed by atoms with Gasteiger partial charge in [-0.15, -0.1) is 0 Å². The van der Waals surface area contributed by atoms with Crippen molar-refractivity contribution in [2.45, 2.75) is 44.2 Å². The highest BCUT2D eigenvalue weighted by molar-refractivity contribution is 5.23. The van der Waals surface area contributed by atoms with Crippen molar-refractivity contribution in [3.05, 3.63) is 71.8 Å². The Balaban J connectivity index is 1.45. The highest BCUT2D eigenvalue weighted by atomic mass is 15.0. The minimum Gasteiger partial charge on any atom is -0.311 e. The molecule has 1 atom stereocenters. The van der Waals surface area contributed by atoms with Crippen molar-refractivity contribution in [1.29, 1.82) is 0 Å². The van der Waals surface area contributed by atoms with Crippen molar-refractivity contribution < 1.29 is 0 Å². The molecule has 3 rings (SSSR count). The van der Waals surface area contributed by atoms with Crippen LogP contribution in [0.15, 0.2) is 60.7 Å². The van der Waals surface area contributed by atoms with Crippen LogP contribution in [0.25, 0.3) is 0 Å². The maximum atomic E-state index is 3.76. The van der Waals surface area contributed by atoms with E-state index in [2.05, 4.69) is 72.9 Å². The number of benzene rings is 2. The molecule has 0 aliphatic heterocycles. The summed E-state index contributed by atoms with van der Waals surface area (Å²) in [5.41, 5.74) is 2.92. The van der Waals surface area contributed by atoms with Crippen LogP contribution in [-0.2, 0) is 6.42 Å². The largest absolute Gasteiger partial charge is 0.311 e. The highest BCUT2D eigenvalue weighted by Gasteiger charge is 2.30. The Morgan fingerprint density at radius 1 is 0.950 bits per heavy atom. The van der Waals surface area contributed by atoms with Gasteiger partial charge < -0.3 is 5.32 Å². The number of hydrogen-bond acceptors (Lipinski definition) is 1. The molecular formula is C19H23N. The van der Waals surface area contributed by atoms with Gasteiger partial charge >= 0.3 is 0 Å². The van der Waals surface area contributed by atoms with Gasteiger partial charge in [-0.3, -0.25) is 0 Å². The molecule has 1 fully saturated rings. The summed E-state index contributed by atoms with van der Waals surface area (Å²) in [4.78, 5) is 0. The molecule has 1 heteroatoms. The third kappa shape index (κ3) is 3.29. The molecule has 0 spiro atoms. The summed E-state index contributed by atoms with van der Waals surface area (Å²) in [6, 6.07) is 22.9. The van der Waals surface area contributed by atoms with E-state index in [-0.39, 0.29) is 0 Å². The second-order valence-electron chi connectivity index (χ2n) is 6.03. The zero-order valence-electron chi connectivity index (χ0n) is 12.1. The number of nitrogens with one attached hydrogen (secondary N) is 1.